The van der Waals surface area contributed by atoms with Crippen molar-refractivity contribution in [2.24, 2.45) is 0 Å². The fourth-order valence-electron chi connectivity index (χ4n) is 0.680. The van der Waals surface area contributed by atoms with Crippen LogP contribution in [0.25, 0.3) is 0 Å². The summed E-state index contributed by atoms with van der Waals surface area (Å²) in [6, 6.07) is 0. The lowest BCUT2D eigenvalue weighted by Gasteiger charge is -2.10. The molecule has 14 heavy (non-hydrogen) atoms. The average molecular weight is 233 g/mol. The van der Waals surface area contributed by atoms with E-state index in [-0.39, 0.29) is 12.3 Å². The van der Waals surface area contributed by atoms with E-state index in [0.29, 0.717) is 0 Å². The summed E-state index contributed by atoms with van der Waals surface area (Å²) in [5.74, 6) is -0.263. The Hall–Kier alpha value is -0.300. The molecule has 1 N–H and O–H groups in total. The van der Waals surface area contributed by atoms with Crippen molar-refractivity contribution in [2.45, 2.75) is 25.3 Å². The summed E-state index contributed by atoms with van der Waals surface area (Å²) in [6.45, 7) is 1.68. The van der Waals surface area contributed by atoms with Gasteiger partial charge in [0.2, 0.25) is 0 Å². The van der Waals surface area contributed by atoms with Crippen LogP contribution in [0.3, 0.4) is 0 Å². The second-order valence-electron chi connectivity index (χ2n) is 3.21. The summed E-state index contributed by atoms with van der Waals surface area (Å²) < 4.78 is 57.1. The summed E-state index contributed by atoms with van der Waals surface area (Å²) in [4.78, 5) is 0. The van der Waals surface area contributed by atoms with Crippen LogP contribution in [-0.2, 0) is 9.84 Å². The molecule has 0 radical (unpaired) electrons. The number of nitrogens with one attached hydrogen (secondary N) is 1. The minimum atomic E-state index is -4.29. The van der Waals surface area contributed by atoms with Crippen molar-refractivity contribution in [3.05, 3.63) is 0 Å². The van der Waals surface area contributed by atoms with E-state index in [2.05, 4.69) is 0 Å². The van der Waals surface area contributed by atoms with Crippen molar-refractivity contribution in [1.82, 2.24) is 5.32 Å². The van der Waals surface area contributed by atoms with Crippen molar-refractivity contribution < 1.29 is 21.6 Å². The highest BCUT2D eigenvalue weighted by Gasteiger charge is 2.26. The monoisotopic (exact) mass is 233 g/mol. The van der Waals surface area contributed by atoms with Crippen LogP contribution in [0.15, 0.2) is 0 Å². The molecule has 0 aromatic rings. The van der Waals surface area contributed by atoms with Gasteiger partial charge in [0.1, 0.15) is 0 Å². The van der Waals surface area contributed by atoms with Gasteiger partial charge in [0, 0.05) is 6.54 Å². The molecule has 0 fully saturated rings. The third-order valence-electron chi connectivity index (χ3n) is 1.61. The number of rotatable bonds is 5. The Morgan fingerprint density at radius 2 is 1.79 bits per heavy atom. The lowest BCUT2D eigenvalue weighted by atomic mass is 10.6. The first-order valence-corrected chi connectivity index (χ1v) is 5.86. The molecule has 0 aromatic heterocycles. The first kappa shape index (κ1) is 13.7. The minimum Gasteiger partial charge on any atom is -0.308 e. The second-order valence-corrected chi connectivity index (χ2v) is 5.88. The molecule has 0 rings (SSSR count). The van der Waals surface area contributed by atoms with Gasteiger partial charge in [-0.2, -0.15) is 13.2 Å². The van der Waals surface area contributed by atoms with Gasteiger partial charge in [0.15, 0.2) is 9.84 Å². The van der Waals surface area contributed by atoms with E-state index in [0.717, 1.165) is 0 Å². The normalized spacial score (nSPS) is 13.6. The molecule has 0 saturated heterocycles. The number of hydrogen-bond acceptors (Lipinski definition) is 3. The molecule has 0 saturated carbocycles. The highest BCUT2D eigenvalue weighted by Crippen LogP contribution is 2.12. The Kier molecular flexibility index (Phi) is 4.87. The van der Waals surface area contributed by atoms with Crippen LogP contribution in [0.1, 0.15) is 13.8 Å². The lowest BCUT2D eigenvalue weighted by molar-refractivity contribution is -0.124. The highest BCUT2D eigenvalue weighted by atomic mass is 32.2. The maximum Gasteiger partial charge on any atom is 0.401 e. The van der Waals surface area contributed by atoms with Crippen LogP contribution < -0.4 is 5.32 Å². The van der Waals surface area contributed by atoms with Crippen LogP contribution >= 0.6 is 0 Å². The fourth-order valence-corrected chi connectivity index (χ4v) is 1.58. The fraction of sp³-hybridized carbons (Fsp3) is 1.00. The van der Waals surface area contributed by atoms with E-state index in [1.165, 1.54) is 13.8 Å². The van der Waals surface area contributed by atoms with Gasteiger partial charge in [0.25, 0.3) is 0 Å². The van der Waals surface area contributed by atoms with Crippen molar-refractivity contribution in [2.75, 3.05) is 18.8 Å². The van der Waals surface area contributed by atoms with Gasteiger partial charge in [-0.3, -0.25) is 0 Å². The summed E-state index contributed by atoms with van der Waals surface area (Å²) in [7, 11) is -3.25. The Morgan fingerprint density at radius 1 is 1.29 bits per heavy atom. The zero-order chi connectivity index (χ0) is 11.4. The van der Waals surface area contributed by atoms with Crippen molar-refractivity contribution >= 4 is 9.84 Å². The summed E-state index contributed by atoms with van der Waals surface area (Å²) in [6.07, 6.45) is -4.29. The van der Waals surface area contributed by atoms with E-state index in [4.69, 9.17) is 0 Å². The maximum atomic E-state index is 11.6. The molecule has 0 bridgehead atoms. The molecule has 0 aliphatic carbocycles. The van der Waals surface area contributed by atoms with Gasteiger partial charge < -0.3 is 5.32 Å². The first-order chi connectivity index (χ1) is 6.15. The van der Waals surface area contributed by atoms with Gasteiger partial charge >= 0.3 is 6.18 Å². The Balaban J connectivity index is 3.77. The Bertz CT molecular complexity index is 259. The zero-order valence-electron chi connectivity index (χ0n) is 8.06. The predicted octanol–water partition coefficient (Wildman–Crippen LogP) is 0.962. The average Bonchev–Trinajstić information content (AvgIpc) is 1.96. The minimum absolute atomic E-state index is 0.167. The quantitative estimate of drug-likeness (QED) is 0.719. The van der Waals surface area contributed by atoms with Gasteiger partial charge in [-0.25, -0.2) is 8.42 Å². The SMILES string of the molecule is CC(C)S(=O)(=O)CCNCC(F)(F)F. The van der Waals surface area contributed by atoms with E-state index in [9.17, 15) is 21.6 Å². The van der Waals surface area contributed by atoms with Gasteiger partial charge in [-0.05, 0) is 13.8 Å². The molecule has 0 heterocycles. The van der Waals surface area contributed by atoms with Crippen LogP contribution in [0.2, 0.25) is 0 Å². The molecule has 0 aliphatic heterocycles. The number of sulfone groups is 1. The largest absolute Gasteiger partial charge is 0.401 e. The number of hydrogen-bond donors (Lipinski definition) is 1. The molecule has 0 atom stereocenters. The molecule has 0 aromatic carbocycles. The maximum absolute atomic E-state index is 11.6. The van der Waals surface area contributed by atoms with Crippen LogP contribution in [-0.4, -0.2) is 38.7 Å². The number of alkyl halides is 3. The standard InChI is InChI=1S/C7H14F3NO2S/c1-6(2)14(12,13)4-3-11-5-7(8,9)10/h6,11H,3-5H2,1-2H3. The van der Waals surface area contributed by atoms with Crippen LogP contribution in [0, 0.1) is 0 Å². The van der Waals surface area contributed by atoms with Gasteiger partial charge in [0.05, 0.1) is 17.5 Å². The van der Waals surface area contributed by atoms with Gasteiger partial charge in [-0.15, -0.1) is 0 Å². The number of halogens is 3. The third kappa shape index (κ3) is 6.20. The zero-order valence-corrected chi connectivity index (χ0v) is 8.87. The van der Waals surface area contributed by atoms with E-state index in [1.807, 2.05) is 5.32 Å². The summed E-state index contributed by atoms with van der Waals surface area (Å²) >= 11 is 0. The molecule has 3 nitrogen and oxygen atoms in total. The molecule has 7 heteroatoms. The molecular weight excluding hydrogens is 219 g/mol. The predicted molar refractivity (Wildman–Crippen MR) is 47.8 cm³/mol. The molecule has 0 amide bonds. The second kappa shape index (κ2) is 4.97. The van der Waals surface area contributed by atoms with E-state index < -0.39 is 27.8 Å². The highest BCUT2D eigenvalue weighted by molar-refractivity contribution is 7.92. The Morgan fingerprint density at radius 3 is 2.14 bits per heavy atom. The summed E-state index contributed by atoms with van der Waals surface area (Å²) in [5.41, 5.74) is 0. The van der Waals surface area contributed by atoms with Gasteiger partial charge in [-0.1, -0.05) is 0 Å². The van der Waals surface area contributed by atoms with E-state index in [1.54, 1.807) is 0 Å². The molecular formula is C7H14F3NO2S. The molecule has 86 valence electrons. The van der Waals surface area contributed by atoms with Crippen molar-refractivity contribution in [3.63, 3.8) is 0 Å². The topological polar surface area (TPSA) is 46.2 Å². The molecule has 0 unspecified atom stereocenters. The molecule has 0 spiro atoms. The summed E-state index contributed by atoms with van der Waals surface area (Å²) in [5, 5.41) is 1.49. The smallest absolute Gasteiger partial charge is 0.308 e. The Labute approximate surface area is 81.6 Å². The molecule has 0 aliphatic rings. The third-order valence-corrected chi connectivity index (χ3v) is 3.82. The van der Waals surface area contributed by atoms with Crippen molar-refractivity contribution in [1.29, 1.82) is 0 Å². The van der Waals surface area contributed by atoms with Crippen LogP contribution in [0.4, 0.5) is 13.2 Å². The van der Waals surface area contributed by atoms with Crippen molar-refractivity contribution in [3.8, 4) is 0 Å². The first-order valence-electron chi connectivity index (χ1n) is 4.14. The lowest BCUT2D eigenvalue weighted by Crippen LogP contribution is -2.33. The van der Waals surface area contributed by atoms with Crippen LogP contribution in [0.5, 0.6) is 0 Å². The van der Waals surface area contributed by atoms with E-state index >= 15 is 0 Å².